The smallest absolute Gasteiger partial charge is 0.244 e. The number of rotatable bonds is 6. The van der Waals surface area contributed by atoms with Crippen LogP contribution in [0.4, 0.5) is 0 Å². The van der Waals surface area contributed by atoms with Gasteiger partial charge in [0.15, 0.2) is 0 Å². The van der Waals surface area contributed by atoms with Crippen LogP contribution >= 0.6 is 0 Å². The first kappa shape index (κ1) is 16.4. The molecule has 0 unspecified atom stereocenters. The summed E-state index contributed by atoms with van der Waals surface area (Å²) in [5.74, 6) is 0. The summed E-state index contributed by atoms with van der Waals surface area (Å²) in [4.78, 5) is 7.40. The maximum Gasteiger partial charge on any atom is 0.244 e. The van der Waals surface area contributed by atoms with Crippen molar-refractivity contribution in [2.24, 2.45) is 0 Å². The van der Waals surface area contributed by atoms with Gasteiger partial charge >= 0.3 is 0 Å². The Labute approximate surface area is 126 Å². The average molecular weight is 316 g/mol. The van der Waals surface area contributed by atoms with Gasteiger partial charge in [0, 0.05) is 51.2 Å². The van der Waals surface area contributed by atoms with Gasteiger partial charge in [-0.2, -0.15) is 4.31 Å². The Bertz CT molecular complexity index is 548. The summed E-state index contributed by atoms with van der Waals surface area (Å²) in [5.41, 5.74) is 0.512. The Balaban J connectivity index is 1.94. The van der Waals surface area contributed by atoms with Crippen LogP contribution < -0.4 is 0 Å². The normalized spacial score (nSPS) is 18.5. The number of aromatic nitrogens is 1. The molecule has 7 nitrogen and oxygen atoms in total. The Morgan fingerprint density at radius 3 is 2.48 bits per heavy atom. The predicted octanol–water partition coefficient (Wildman–Crippen LogP) is -0.625. The van der Waals surface area contributed by atoms with Crippen molar-refractivity contribution < 1.29 is 13.5 Å². The van der Waals surface area contributed by atoms with Gasteiger partial charge in [-0.15, -0.1) is 0 Å². The van der Waals surface area contributed by atoms with Crippen LogP contribution in [0, 0.1) is 0 Å². The van der Waals surface area contributed by atoms with Gasteiger partial charge in [-0.3, -0.25) is 4.90 Å². The molecule has 0 amide bonds. The zero-order chi connectivity index (χ0) is 15.5. The number of hydrogen-bond acceptors (Lipinski definition) is 5. The molecular weight excluding hydrogens is 292 g/mol. The van der Waals surface area contributed by atoms with Crippen molar-refractivity contribution in [1.82, 2.24) is 19.1 Å². The molecule has 1 aliphatic rings. The minimum atomic E-state index is -3.45. The van der Waals surface area contributed by atoms with Gasteiger partial charge in [-0.1, -0.05) is 0 Å². The first-order chi connectivity index (χ1) is 9.93. The molecule has 21 heavy (non-hydrogen) atoms. The summed E-state index contributed by atoms with van der Waals surface area (Å²) in [6, 6.07) is 1.49. The summed E-state index contributed by atoms with van der Waals surface area (Å²) in [6.45, 7) is 4.28. The third-order valence-electron chi connectivity index (χ3n) is 3.72. The molecule has 0 aliphatic carbocycles. The zero-order valence-corrected chi connectivity index (χ0v) is 13.4. The molecule has 0 spiro atoms. The van der Waals surface area contributed by atoms with Gasteiger partial charge < -0.3 is 15.0 Å². The molecule has 1 aromatic heterocycles. The number of piperazine rings is 1. The number of nitrogens with zero attached hydrogens (tertiary/aromatic N) is 3. The molecule has 1 fully saturated rings. The quantitative estimate of drug-likeness (QED) is 0.731. The van der Waals surface area contributed by atoms with Gasteiger partial charge in [0.2, 0.25) is 10.0 Å². The molecule has 0 radical (unpaired) electrons. The van der Waals surface area contributed by atoms with Crippen LogP contribution in [0.2, 0.25) is 0 Å². The number of aromatic amines is 1. The Morgan fingerprint density at radius 1 is 1.29 bits per heavy atom. The molecule has 1 saturated heterocycles. The fourth-order valence-electron chi connectivity index (χ4n) is 2.34. The highest BCUT2D eigenvalue weighted by Crippen LogP contribution is 2.18. The molecule has 2 heterocycles. The molecule has 2 rings (SSSR count). The van der Waals surface area contributed by atoms with Crippen LogP contribution in [0.1, 0.15) is 5.69 Å². The number of sulfonamides is 1. The van der Waals surface area contributed by atoms with Crippen LogP contribution in [0.25, 0.3) is 0 Å². The maximum atomic E-state index is 12.5. The van der Waals surface area contributed by atoms with E-state index < -0.39 is 10.0 Å². The monoisotopic (exact) mass is 316 g/mol. The Hall–Kier alpha value is -0.930. The van der Waals surface area contributed by atoms with Crippen LogP contribution in [0.5, 0.6) is 0 Å². The number of aliphatic hydroxyl groups excluding tert-OH is 1. The predicted molar refractivity (Wildman–Crippen MR) is 80.5 cm³/mol. The largest absolute Gasteiger partial charge is 0.390 e. The van der Waals surface area contributed by atoms with Gasteiger partial charge in [-0.05, 0) is 20.2 Å². The summed E-state index contributed by atoms with van der Waals surface area (Å²) in [5, 5.41) is 9.02. The molecule has 1 aliphatic heterocycles. The lowest BCUT2D eigenvalue weighted by molar-refractivity contribution is 0.174. The van der Waals surface area contributed by atoms with Crippen molar-refractivity contribution in [2.75, 3.05) is 53.4 Å². The van der Waals surface area contributed by atoms with E-state index in [1.807, 2.05) is 14.1 Å². The molecular formula is C13H24N4O3S. The lowest BCUT2D eigenvalue weighted by Gasteiger charge is -2.34. The fourth-order valence-corrected chi connectivity index (χ4v) is 3.78. The van der Waals surface area contributed by atoms with Crippen molar-refractivity contribution in [2.45, 2.75) is 11.5 Å². The highest BCUT2D eigenvalue weighted by atomic mass is 32.2. The van der Waals surface area contributed by atoms with E-state index in [2.05, 4.69) is 14.8 Å². The van der Waals surface area contributed by atoms with Crippen molar-refractivity contribution >= 4 is 10.0 Å². The topological polar surface area (TPSA) is 79.9 Å². The third kappa shape index (κ3) is 4.04. The molecule has 8 heteroatoms. The number of hydrogen-bond donors (Lipinski definition) is 2. The van der Waals surface area contributed by atoms with E-state index in [0.717, 1.165) is 26.2 Å². The van der Waals surface area contributed by atoms with E-state index in [-0.39, 0.29) is 11.5 Å². The van der Waals surface area contributed by atoms with Gasteiger partial charge in [0.05, 0.1) is 11.5 Å². The van der Waals surface area contributed by atoms with E-state index in [9.17, 15) is 8.42 Å². The molecule has 120 valence electrons. The van der Waals surface area contributed by atoms with E-state index in [1.54, 1.807) is 0 Å². The Kier molecular flexibility index (Phi) is 5.39. The van der Waals surface area contributed by atoms with E-state index in [0.29, 0.717) is 18.8 Å². The van der Waals surface area contributed by atoms with Crippen LogP contribution in [0.15, 0.2) is 17.2 Å². The first-order valence-electron chi connectivity index (χ1n) is 7.09. The summed E-state index contributed by atoms with van der Waals surface area (Å²) >= 11 is 0. The fraction of sp³-hybridized carbons (Fsp3) is 0.692. The molecule has 2 N–H and O–H groups in total. The van der Waals surface area contributed by atoms with Gasteiger partial charge in [0.1, 0.15) is 0 Å². The average Bonchev–Trinajstić information content (AvgIpc) is 2.95. The number of H-pyrrole nitrogens is 1. The van der Waals surface area contributed by atoms with Gasteiger partial charge in [-0.25, -0.2) is 8.42 Å². The lowest BCUT2D eigenvalue weighted by Crippen LogP contribution is -2.49. The van der Waals surface area contributed by atoms with Crippen LogP contribution in [-0.2, 0) is 16.6 Å². The minimum absolute atomic E-state index is 0.187. The SMILES string of the molecule is CN(C)CCN1CCN(S(=O)(=O)c2c[nH]c(CO)c2)CC1. The van der Waals surface area contributed by atoms with Gasteiger partial charge in [0.25, 0.3) is 0 Å². The van der Waals surface area contributed by atoms with Crippen LogP contribution in [0.3, 0.4) is 0 Å². The lowest BCUT2D eigenvalue weighted by atomic mass is 10.3. The maximum absolute atomic E-state index is 12.5. The number of aliphatic hydroxyl groups is 1. The van der Waals surface area contributed by atoms with Crippen LogP contribution in [-0.4, -0.2) is 86.0 Å². The van der Waals surface area contributed by atoms with Crippen molar-refractivity contribution in [3.8, 4) is 0 Å². The number of likely N-dealkylation sites (N-methyl/N-ethyl adjacent to an activating group) is 1. The summed E-state index contributed by atoms with van der Waals surface area (Å²) in [7, 11) is 0.614. The highest BCUT2D eigenvalue weighted by Gasteiger charge is 2.29. The van der Waals surface area contributed by atoms with Crippen molar-refractivity contribution in [3.05, 3.63) is 18.0 Å². The van der Waals surface area contributed by atoms with E-state index in [1.165, 1.54) is 16.6 Å². The first-order valence-corrected chi connectivity index (χ1v) is 8.53. The van der Waals surface area contributed by atoms with Crippen molar-refractivity contribution in [3.63, 3.8) is 0 Å². The molecule has 0 aromatic carbocycles. The van der Waals surface area contributed by atoms with Crippen molar-refractivity contribution in [1.29, 1.82) is 0 Å². The highest BCUT2D eigenvalue weighted by molar-refractivity contribution is 7.89. The second-order valence-electron chi connectivity index (χ2n) is 5.57. The zero-order valence-electron chi connectivity index (χ0n) is 12.6. The van der Waals surface area contributed by atoms with E-state index in [4.69, 9.17) is 5.11 Å². The molecule has 1 aromatic rings. The second-order valence-corrected chi connectivity index (χ2v) is 7.51. The minimum Gasteiger partial charge on any atom is -0.390 e. The standard InChI is InChI=1S/C13H24N4O3S/c1-15(2)3-4-16-5-7-17(8-6-16)21(19,20)13-9-12(11-18)14-10-13/h9-10,14,18H,3-8,11H2,1-2H3. The third-order valence-corrected chi connectivity index (χ3v) is 5.60. The number of nitrogens with one attached hydrogen (secondary N) is 1. The molecule has 0 saturated carbocycles. The Morgan fingerprint density at radius 2 is 1.95 bits per heavy atom. The van der Waals surface area contributed by atoms with E-state index >= 15 is 0 Å². The summed E-state index contributed by atoms with van der Waals surface area (Å²) < 4.78 is 26.5. The summed E-state index contributed by atoms with van der Waals surface area (Å²) in [6.07, 6.45) is 1.44. The second kappa shape index (κ2) is 6.89. The molecule has 0 bridgehead atoms. The molecule has 0 atom stereocenters.